The number of pyridine rings is 1. The first-order valence-corrected chi connectivity index (χ1v) is 14.1. The Kier molecular flexibility index (Phi) is 5.75. The molecule has 4 heteroatoms. The molecular weight excluding hydrogens is 512 g/mol. The number of hydrogen-bond donors (Lipinski definition) is 0. The molecule has 0 N–H and O–H groups in total. The fraction of sp³-hybridized carbons (Fsp3) is 0. The molecule has 0 amide bonds. The number of nitrogens with zero attached hydrogens (tertiary/aromatic N) is 4. The van der Waals surface area contributed by atoms with Gasteiger partial charge in [0.2, 0.25) is 0 Å². The van der Waals surface area contributed by atoms with Crippen LogP contribution in [0.1, 0.15) is 0 Å². The fourth-order valence-corrected chi connectivity index (χ4v) is 5.85. The monoisotopic (exact) mass is 538 g/mol. The zero-order valence-electron chi connectivity index (χ0n) is 22.8. The number of benzene rings is 6. The van der Waals surface area contributed by atoms with Gasteiger partial charge < -0.3 is 4.90 Å². The van der Waals surface area contributed by atoms with Crippen LogP contribution in [0, 0.1) is 0 Å². The Morgan fingerprint density at radius 2 is 1.21 bits per heavy atom. The lowest BCUT2D eigenvalue weighted by Gasteiger charge is -2.26. The molecule has 0 aliphatic carbocycles. The maximum atomic E-state index is 5.12. The molecule has 4 nitrogen and oxygen atoms in total. The molecule has 0 unspecified atom stereocenters. The van der Waals surface area contributed by atoms with E-state index in [9.17, 15) is 0 Å². The van der Waals surface area contributed by atoms with Gasteiger partial charge in [-0.2, -0.15) is 0 Å². The maximum absolute atomic E-state index is 5.12. The van der Waals surface area contributed by atoms with Crippen molar-refractivity contribution in [3.05, 3.63) is 158 Å². The molecule has 8 rings (SSSR count). The van der Waals surface area contributed by atoms with Crippen molar-refractivity contribution < 1.29 is 0 Å². The summed E-state index contributed by atoms with van der Waals surface area (Å²) in [5.41, 5.74) is 8.40. The molecule has 0 aliphatic heterocycles. The summed E-state index contributed by atoms with van der Waals surface area (Å²) >= 11 is 0. The van der Waals surface area contributed by atoms with Crippen LogP contribution in [0.5, 0.6) is 0 Å². The fourth-order valence-electron chi connectivity index (χ4n) is 5.85. The summed E-state index contributed by atoms with van der Waals surface area (Å²) in [5.74, 6) is 0.899. The number of anilines is 3. The summed E-state index contributed by atoms with van der Waals surface area (Å²) in [5, 5.41) is 3.53. The van der Waals surface area contributed by atoms with E-state index in [0.717, 1.165) is 56.1 Å². The van der Waals surface area contributed by atoms with Gasteiger partial charge in [0.1, 0.15) is 5.82 Å². The van der Waals surface area contributed by atoms with Gasteiger partial charge in [0.15, 0.2) is 0 Å². The van der Waals surface area contributed by atoms with E-state index in [1.165, 1.54) is 10.8 Å². The molecule has 198 valence electrons. The summed E-state index contributed by atoms with van der Waals surface area (Å²) in [6.45, 7) is 0. The standard InChI is InChI=1S/C38H26N4/c1-2-12-30(13-3-1)41(32-24-19-27-10-4-5-11-29(27)26-32)31-22-20-28(21-23-31)38-40-35-15-6-7-17-37(35)42(38)36-18-8-16-34-33(36)14-9-25-39-34/h1-26H. The Hall–Kier alpha value is -5.74. The molecule has 2 heterocycles. The summed E-state index contributed by atoms with van der Waals surface area (Å²) in [6, 6.07) is 53.1. The molecule has 42 heavy (non-hydrogen) atoms. The topological polar surface area (TPSA) is 34.0 Å². The molecule has 0 saturated carbocycles. The van der Waals surface area contributed by atoms with Crippen LogP contribution in [0.25, 0.3) is 49.8 Å². The van der Waals surface area contributed by atoms with Crippen LogP contribution in [0.15, 0.2) is 158 Å². The average Bonchev–Trinajstić information content (AvgIpc) is 3.45. The van der Waals surface area contributed by atoms with E-state index in [0.29, 0.717) is 0 Å². The van der Waals surface area contributed by atoms with Crippen molar-refractivity contribution in [2.24, 2.45) is 0 Å². The molecular formula is C38H26N4. The van der Waals surface area contributed by atoms with Crippen LogP contribution in [0.2, 0.25) is 0 Å². The summed E-state index contributed by atoms with van der Waals surface area (Å²) in [6.07, 6.45) is 1.84. The number of rotatable bonds is 5. The number of imidazole rings is 1. The second-order valence-corrected chi connectivity index (χ2v) is 10.4. The van der Waals surface area contributed by atoms with Crippen molar-refractivity contribution in [1.29, 1.82) is 0 Å². The Labute approximate surface area is 243 Å². The van der Waals surface area contributed by atoms with E-state index >= 15 is 0 Å². The highest BCUT2D eigenvalue weighted by Gasteiger charge is 2.18. The highest BCUT2D eigenvalue weighted by molar-refractivity contribution is 5.93. The summed E-state index contributed by atoms with van der Waals surface area (Å²) in [4.78, 5) is 12.0. The van der Waals surface area contributed by atoms with E-state index in [1.54, 1.807) is 0 Å². The zero-order chi connectivity index (χ0) is 27.9. The minimum absolute atomic E-state index is 0.899. The molecule has 0 bridgehead atoms. The molecule has 8 aromatic rings. The molecule has 0 saturated heterocycles. The van der Waals surface area contributed by atoms with Gasteiger partial charge in [-0.05, 0) is 95.7 Å². The maximum Gasteiger partial charge on any atom is 0.145 e. The summed E-state index contributed by atoms with van der Waals surface area (Å²) < 4.78 is 2.26. The van der Waals surface area contributed by atoms with E-state index in [-0.39, 0.29) is 0 Å². The van der Waals surface area contributed by atoms with Crippen LogP contribution in [-0.2, 0) is 0 Å². The van der Waals surface area contributed by atoms with E-state index in [1.807, 2.05) is 18.3 Å². The normalized spacial score (nSPS) is 11.3. The first-order valence-electron chi connectivity index (χ1n) is 14.1. The largest absolute Gasteiger partial charge is 0.310 e. The first kappa shape index (κ1) is 24.1. The van der Waals surface area contributed by atoms with E-state index in [4.69, 9.17) is 4.98 Å². The SMILES string of the molecule is c1ccc(N(c2ccc(-c3nc4ccccc4n3-c3cccc4ncccc34)cc2)c2ccc3ccccc3c2)cc1. The molecule has 6 aromatic carbocycles. The van der Waals surface area contributed by atoms with Crippen LogP contribution >= 0.6 is 0 Å². The Morgan fingerprint density at radius 3 is 2.10 bits per heavy atom. The van der Waals surface area contributed by atoms with Crippen molar-refractivity contribution in [3.8, 4) is 17.1 Å². The Balaban J connectivity index is 1.28. The number of para-hydroxylation sites is 3. The minimum atomic E-state index is 0.899. The number of aromatic nitrogens is 3. The third-order valence-electron chi connectivity index (χ3n) is 7.81. The van der Waals surface area contributed by atoms with Gasteiger partial charge in [-0.25, -0.2) is 4.98 Å². The molecule has 2 aromatic heterocycles. The van der Waals surface area contributed by atoms with Crippen molar-refractivity contribution in [2.45, 2.75) is 0 Å². The van der Waals surface area contributed by atoms with Gasteiger partial charge in [-0.1, -0.05) is 66.7 Å². The van der Waals surface area contributed by atoms with E-state index in [2.05, 4.69) is 154 Å². The third kappa shape index (κ3) is 4.09. The van der Waals surface area contributed by atoms with Crippen LogP contribution in [-0.4, -0.2) is 14.5 Å². The van der Waals surface area contributed by atoms with Gasteiger partial charge in [0.25, 0.3) is 0 Å². The van der Waals surface area contributed by atoms with Crippen molar-refractivity contribution >= 4 is 49.8 Å². The van der Waals surface area contributed by atoms with E-state index < -0.39 is 0 Å². The Bertz CT molecular complexity index is 2190. The Morgan fingerprint density at radius 1 is 0.500 bits per heavy atom. The summed E-state index contributed by atoms with van der Waals surface area (Å²) in [7, 11) is 0. The lowest BCUT2D eigenvalue weighted by molar-refractivity contribution is 1.11. The zero-order valence-corrected chi connectivity index (χ0v) is 22.8. The predicted molar refractivity (Wildman–Crippen MR) is 174 cm³/mol. The number of fused-ring (bicyclic) bond motifs is 3. The van der Waals surface area contributed by atoms with Gasteiger partial charge in [-0.3, -0.25) is 9.55 Å². The van der Waals surface area contributed by atoms with Gasteiger partial charge >= 0.3 is 0 Å². The van der Waals surface area contributed by atoms with Gasteiger partial charge in [0.05, 0.1) is 22.2 Å². The first-order chi connectivity index (χ1) is 20.8. The average molecular weight is 539 g/mol. The highest BCUT2D eigenvalue weighted by Crippen LogP contribution is 2.38. The van der Waals surface area contributed by atoms with Crippen molar-refractivity contribution in [3.63, 3.8) is 0 Å². The highest BCUT2D eigenvalue weighted by atomic mass is 15.1. The number of hydrogen-bond acceptors (Lipinski definition) is 3. The quantitative estimate of drug-likeness (QED) is 0.219. The van der Waals surface area contributed by atoms with Crippen LogP contribution in [0.3, 0.4) is 0 Å². The van der Waals surface area contributed by atoms with Crippen molar-refractivity contribution in [2.75, 3.05) is 4.90 Å². The molecule has 0 atom stereocenters. The van der Waals surface area contributed by atoms with Crippen LogP contribution < -0.4 is 4.90 Å². The molecule has 0 spiro atoms. The van der Waals surface area contributed by atoms with Crippen molar-refractivity contribution in [1.82, 2.24) is 14.5 Å². The molecule has 0 radical (unpaired) electrons. The van der Waals surface area contributed by atoms with Gasteiger partial charge in [-0.15, -0.1) is 0 Å². The second-order valence-electron chi connectivity index (χ2n) is 10.4. The lowest BCUT2D eigenvalue weighted by atomic mass is 10.1. The second kappa shape index (κ2) is 10.0. The van der Waals surface area contributed by atoms with Gasteiger partial charge in [0, 0.05) is 34.2 Å². The van der Waals surface area contributed by atoms with Crippen LogP contribution in [0.4, 0.5) is 17.1 Å². The molecule has 0 aliphatic rings. The predicted octanol–water partition coefficient (Wildman–Crippen LogP) is 9.86. The minimum Gasteiger partial charge on any atom is -0.310 e. The third-order valence-corrected chi connectivity index (χ3v) is 7.81. The molecule has 0 fully saturated rings. The smallest absolute Gasteiger partial charge is 0.145 e. The lowest BCUT2D eigenvalue weighted by Crippen LogP contribution is -2.09.